The van der Waals surface area contributed by atoms with Gasteiger partial charge >= 0.3 is 6.18 Å². The first kappa shape index (κ1) is 12.8. The molecule has 0 aliphatic rings. The van der Waals surface area contributed by atoms with Gasteiger partial charge in [0.1, 0.15) is 10.8 Å². The lowest BCUT2D eigenvalue weighted by Gasteiger charge is -2.10. The fourth-order valence-corrected chi connectivity index (χ4v) is 1.90. The van der Waals surface area contributed by atoms with E-state index in [9.17, 15) is 17.6 Å². The van der Waals surface area contributed by atoms with Crippen molar-refractivity contribution in [1.82, 2.24) is 4.98 Å². The second kappa shape index (κ2) is 4.93. The van der Waals surface area contributed by atoms with Crippen LogP contribution in [0.3, 0.4) is 0 Å². The van der Waals surface area contributed by atoms with Crippen LogP contribution in [0.2, 0.25) is 0 Å². The third-order valence-electron chi connectivity index (χ3n) is 2.21. The summed E-state index contributed by atoms with van der Waals surface area (Å²) < 4.78 is 50.7. The summed E-state index contributed by atoms with van der Waals surface area (Å²) in [4.78, 5) is 3.94. The van der Waals surface area contributed by atoms with E-state index in [1.54, 1.807) is 11.6 Å². The molecule has 2 aromatic rings. The van der Waals surface area contributed by atoms with Gasteiger partial charge in [0.15, 0.2) is 0 Å². The van der Waals surface area contributed by atoms with Crippen molar-refractivity contribution >= 4 is 17.0 Å². The number of thiazole rings is 1. The molecule has 0 spiro atoms. The summed E-state index contributed by atoms with van der Waals surface area (Å²) in [6.45, 7) is 0.190. The molecule has 0 saturated heterocycles. The molecule has 7 heteroatoms. The number of nitrogens with zero attached hydrogens (tertiary/aromatic N) is 1. The summed E-state index contributed by atoms with van der Waals surface area (Å²) in [5.74, 6) is -0.723. The summed E-state index contributed by atoms with van der Waals surface area (Å²) in [7, 11) is 0. The molecule has 0 atom stereocenters. The fourth-order valence-electron chi connectivity index (χ4n) is 1.35. The highest BCUT2D eigenvalue weighted by Crippen LogP contribution is 2.31. The highest BCUT2D eigenvalue weighted by Gasteiger charge is 2.31. The Bertz CT molecular complexity index is 522. The topological polar surface area (TPSA) is 24.9 Å². The minimum atomic E-state index is -4.48. The predicted octanol–water partition coefficient (Wildman–Crippen LogP) is 3.91. The third kappa shape index (κ3) is 2.98. The maximum atomic E-state index is 13.3. The summed E-state index contributed by atoms with van der Waals surface area (Å²) in [5.41, 5.74) is -1.06. The first-order chi connectivity index (χ1) is 8.47. The van der Waals surface area contributed by atoms with Crippen LogP contribution in [0.4, 0.5) is 23.2 Å². The molecular formula is C11H8F4N2S. The molecule has 0 aliphatic carbocycles. The summed E-state index contributed by atoms with van der Waals surface area (Å²) in [6.07, 6.45) is -2.91. The number of aromatic nitrogens is 1. The fraction of sp³-hybridized carbons (Fsp3) is 0.182. The SMILES string of the molecule is Fc1ccc(C(F)(F)F)cc1NCc1nccs1. The van der Waals surface area contributed by atoms with Crippen LogP contribution in [0.5, 0.6) is 0 Å². The Kier molecular flexibility index (Phi) is 3.51. The first-order valence-corrected chi connectivity index (χ1v) is 5.84. The quantitative estimate of drug-likeness (QED) is 0.860. The van der Waals surface area contributed by atoms with Gasteiger partial charge in [-0.1, -0.05) is 0 Å². The Balaban J connectivity index is 2.16. The molecule has 0 aliphatic heterocycles. The largest absolute Gasteiger partial charge is 0.416 e. The van der Waals surface area contributed by atoms with Crippen LogP contribution in [0, 0.1) is 5.82 Å². The second-order valence-corrected chi connectivity index (χ2v) is 4.45. The first-order valence-electron chi connectivity index (χ1n) is 4.96. The van der Waals surface area contributed by atoms with Crippen LogP contribution in [-0.4, -0.2) is 4.98 Å². The number of halogens is 4. The van der Waals surface area contributed by atoms with Crippen LogP contribution < -0.4 is 5.32 Å². The molecule has 2 rings (SSSR count). The van der Waals surface area contributed by atoms with Crippen LogP contribution in [-0.2, 0) is 12.7 Å². The van der Waals surface area contributed by atoms with Crippen LogP contribution >= 0.6 is 11.3 Å². The van der Waals surface area contributed by atoms with Gasteiger partial charge in [-0.15, -0.1) is 11.3 Å². The number of hydrogen-bond donors (Lipinski definition) is 1. The molecule has 1 aromatic heterocycles. The van der Waals surface area contributed by atoms with E-state index < -0.39 is 17.6 Å². The second-order valence-electron chi connectivity index (χ2n) is 3.47. The summed E-state index contributed by atoms with van der Waals surface area (Å²) >= 11 is 1.34. The number of anilines is 1. The number of benzene rings is 1. The number of alkyl halides is 3. The lowest BCUT2D eigenvalue weighted by atomic mass is 10.2. The molecule has 0 bridgehead atoms. The molecule has 0 saturated carbocycles. The molecule has 1 N–H and O–H groups in total. The zero-order chi connectivity index (χ0) is 13.2. The molecule has 0 unspecified atom stereocenters. The third-order valence-corrected chi connectivity index (χ3v) is 2.99. The van der Waals surface area contributed by atoms with Crippen molar-refractivity contribution in [2.45, 2.75) is 12.7 Å². The molecule has 0 amide bonds. The molecule has 96 valence electrons. The Hall–Kier alpha value is -1.63. The van der Waals surface area contributed by atoms with Crippen LogP contribution in [0.15, 0.2) is 29.8 Å². The van der Waals surface area contributed by atoms with Gasteiger partial charge in [0.25, 0.3) is 0 Å². The highest BCUT2D eigenvalue weighted by atomic mass is 32.1. The molecule has 1 aromatic carbocycles. The predicted molar refractivity (Wildman–Crippen MR) is 60.8 cm³/mol. The normalized spacial score (nSPS) is 11.6. The molecule has 18 heavy (non-hydrogen) atoms. The zero-order valence-electron chi connectivity index (χ0n) is 8.96. The Morgan fingerprint density at radius 1 is 1.28 bits per heavy atom. The van der Waals surface area contributed by atoms with Crippen molar-refractivity contribution in [3.8, 4) is 0 Å². The van der Waals surface area contributed by atoms with E-state index in [0.29, 0.717) is 11.1 Å². The van der Waals surface area contributed by atoms with Gasteiger partial charge in [-0.25, -0.2) is 9.37 Å². The summed E-state index contributed by atoms with van der Waals surface area (Å²) in [6, 6.07) is 2.26. The smallest absolute Gasteiger partial charge is 0.376 e. The van der Waals surface area contributed by atoms with Gasteiger partial charge in [0, 0.05) is 11.6 Å². The molecule has 0 fully saturated rings. The van der Waals surface area contributed by atoms with E-state index in [-0.39, 0.29) is 12.2 Å². The maximum Gasteiger partial charge on any atom is 0.416 e. The average molecular weight is 276 g/mol. The van der Waals surface area contributed by atoms with Crippen molar-refractivity contribution < 1.29 is 17.6 Å². The van der Waals surface area contributed by atoms with E-state index in [1.165, 1.54) is 11.3 Å². The van der Waals surface area contributed by atoms with E-state index in [2.05, 4.69) is 10.3 Å². The van der Waals surface area contributed by atoms with Gasteiger partial charge in [-0.05, 0) is 18.2 Å². The van der Waals surface area contributed by atoms with Crippen molar-refractivity contribution in [2.24, 2.45) is 0 Å². The Morgan fingerprint density at radius 3 is 2.67 bits per heavy atom. The maximum absolute atomic E-state index is 13.3. The van der Waals surface area contributed by atoms with Crippen molar-refractivity contribution in [2.75, 3.05) is 5.32 Å². The van der Waals surface area contributed by atoms with Crippen LogP contribution in [0.25, 0.3) is 0 Å². The average Bonchev–Trinajstić information content (AvgIpc) is 2.79. The van der Waals surface area contributed by atoms with Gasteiger partial charge in [-0.2, -0.15) is 13.2 Å². The van der Waals surface area contributed by atoms with Gasteiger partial charge < -0.3 is 5.32 Å². The Labute approximate surface area is 104 Å². The monoisotopic (exact) mass is 276 g/mol. The lowest BCUT2D eigenvalue weighted by Crippen LogP contribution is -2.07. The number of rotatable bonds is 3. The van der Waals surface area contributed by atoms with Crippen molar-refractivity contribution in [3.05, 3.63) is 46.2 Å². The zero-order valence-corrected chi connectivity index (χ0v) is 9.78. The molecule has 1 heterocycles. The standard InChI is InChI=1S/C11H8F4N2S/c12-8-2-1-7(11(13,14)15)5-9(8)17-6-10-16-3-4-18-10/h1-5,17H,6H2. The van der Waals surface area contributed by atoms with Crippen LogP contribution in [0.1, 0.15) is 10.6 Å². The van der Waals surface area contributed by atoms with Gasteiger partial charge in [0.2, 0.25) is 0 Å². The van der Waals surface area contributed by atoms with Gasteiger partial charge in [-0.3, -0.25) is 0 Å². The minimum Gasteiger partial charge on any atom is -0.376 e. The lowest BCUT2D eigenvalue weighted by molar-refractivity contribution is -0.137. The highest BCUT2D eigenvalue weighted by molar-refractivity contribution is 7.09. The molecule has 2 nitrogen and oxygen atoms in total. The van der Waals surface area contributed by atoms with E-state index >= 15 is 0 Å². The van der Waals surface area contributed by atoms with E-state index in [4.69, 9.17) is 0 Å². The van der Waals surface area contributed by atoms with E-state index in [0.717, 1.165) is 12.1 Å². The molecule has 0 radical (unpaired) electrons. The minimum absolute atomic E-state index is 0.181. The Morgan fingerprint density at radius 2 is 2.06 bits per heavy atom. The number of hydrogen-bond acceptors (Lipinski definition) is 3. The van der Waals surface area contributed by atoms with Crippen molar-refractivity contribution in [1.29, 1.82) is 0 Å². The number of nitrogens with one attached hydrogen (secondary N) is 1. The van der Waals surface area contributed by atoms with Gasteiger partial charge in [0.05, 0.1) is 17.8 Å². The molecular weight excluding hydrogens is 268 g/mol. The van der Waals surface area contributed by atoms with E-state index in [1.807, 2.05) is 0 Å². The summed E-state index contributed by atoms with van der Waals surface area (Å²) in [5, 5.41) is 5.01. The van der Waals surface area contributed by atoms with Crippen molar-refractivity contribution in [3.63, 3.8) is 0 Å².